The highest BCUT2D eigenvalue weighted by atomic mass is 31.3. The van der Waals surface area contributed by atoms with E-state index in [1.807, 2.05) is 0 Å². The van der Waals surface area contributed by atoms with Crippen molar-refractivity contribution >= 4 is 22.7 Å². The summed E-state index contributed by atoms with van der Waals surface area (Å²) in [7, 11) is -7.94. The summed E-state index contributed by atoms with van der Waals surface area (Å²) in [6, 6.07) is 16.9. The minimum atomic E-state index is -2.75. The van der Waals surface area contributed by atoms with Gasteiger partial charge in [0.25, 0.3) is 0 Å². The predicted octanol–water partition coefficient (Wildman–Crippen LogP) is 7.22. The third-order valence-electron chi connectivity index (χ3n) is 8.29. The van der Waals surface area contributed by atoms with Crippen LogP contribution in [0.1, 0.15) is 43.2 Å². The molecule has 6 heterocycles. The summed E-state index contributed by atoms with van der Waals surface area (Å²) in [6.45, 7) is 7.69. The monoisotopic (exact) mass is 557 g/mol. The average Bonchev–Trinajstić information content (AvgIpc) is 3.64. The second kappa shape index (κ2) is 8.79. The Morgan fingerprint density at radius 3 is 1.51 bits per heavy atom. The van der Waals surface area contributed by atoms with E-state index in [1.165, 1.54) is 36.8 Å². The molecule has 2 spiro atoms. The van der Waals surface area contributed by atoms with E-state index in [9.17, 15) is 0 Å². The molecule has 0 amide bonds. The largest absolute Gasteiger partial charge is 0.430 e. The van der Waals surface area contributed by atoms with Crippen molar-refractivity contribution in [2.24, 2.45) is 13.5 Å². The highest BCUT2D eigenvalue weighted by Crippen LogP contribution is 2.84. The lowest BCUT2D eigenvalue weighted by atomic mass is 10.2. The van der Waals surface area contributed by atoms with Gasteiger partial charge in [0, 0.05) is 63.5 Å². The molecule has 0 radical (unpaired) electrons. The van der Waals surface area contributed by atoms with Crippen molar-refractivity contribution in [1.82, 2.24) is 18.7 Å². The number of fused-ring (bicyclic) bond motifs is 2. The maximum atomic E-state index is 7.08. The Bertz CT molecular complexity index is 1330. The summed E-state index contributed by atoms with van der Waals surface area (Å²) >= 11 is 0. The molecule has 2 atom stereocenters. The Morgan fingerprint density at radius 2 is 0.973 bits per heavy atom. The van der Waals surface area contributed by atoms with Crippen LogP contribution in [0.3, 0.4) is 0 Å². The maximum absolute atomic E-state index is 7.08. The van der Waals surface area contributed by atoms with E-state index >= 15 is 0 Å². The van der Waals surface area contributed by atoms with Crippen molar-refractivity contribution in [2.45, 2.75) is 45.2 Å². The standard InChI is InChI=1S/C25H34N7O2P3/c1-3-12-24-22(10-1)20-31-18-9-19-32-21-23-11-2-4-13-25(23)34-37(32)27-35(29-14-5-6-15-29,30-16-7-8-17-30)26-36(31,28-37)33-24/h1-4,10-13H,5-9,14-21H2. The second-order valence-corrected chi connectivity index (χ2v) is 18.6. The first kappa shape index (κ1) is 23.5. The summed E-state index contributed by atoms with van der Waals surface area (Å²) in [6.07, 6.45) is 5.84. The van der Waals surface area contributed by atoms with Crippen LogP contribution in [0, 0.1) is 0 Å². The summed E-state index contributed by atoms with van der Waals surface area (Å²) in [5, 5.41) is 0. The fourth-order valence-electron chi connectivity index (χ4n) is 6.42. The molecule has 2 bridgehead atoms. The van der Waals surface area contributed by atoms with Crippen molar-refractivity contribution in [3.05, 3.63) is 59.7 Å². The number of hydrogen-bond acceptors (Lipinski definition) is 9. The number of para-hydroxylation sites is 2. The van der Waals surface area contributed by atoms with Crippen LogP contribution >= 0.6 is 22.7 Å². The van der Waals surface area contributed by atoms with E-state index in [-0.39, 0.29) is 0 Å². The summed E-state index contributed by atoms with van der Waals surface area (Å²) in [5.74, 6) is 1.87. The van der Waals surface area contributed by atoms with Gasteiger partial charge >= 0.3 is 15.2 Å². The smallest absolute Gasteiger partial charge is 0.335 e. The minimum Gasteiger partial charge on any atom is -0.430 e. The molecule has 9 nitrogen and oxygen atoms in total. The van der Waals surface area contributed by atoms with Crippen LogP contribution in [0.15, 0.2) is 62.1 Å². The second-order valence-electron chi connectivity index (χ2n) is 10.7. The molecule has 0 aromatic heterocycles. The van der Waals surface area contributed by atoms with E-state index in [0.717, 1.165) is 70.3 Å². The molecule has 2 unspecified atom stereocenters. The van der Waals surface area contributed by atoms with Gasteiger partial charge < -0.3 is 9.05 Å². The summed E-state index contributed by atoms with van der Waals surface area (Å²) in [5.41, 5.74) is 2.46. The third kappa shape index (κ3) is 3.63. The molecule has 37 heavy (non-hydrogen) atoms. The van der Waals surface area contributed by atoms with E-state index < -0.39 is 22.7 Å². The lowest BCUT2D eigenvalue weighted by molar-refractivity contribution is 0.309. The van der Waals surface area contributed by atoms with Crippen LogP contribution in [-0.4, -0.2) is 58.0 Å². The van der Waals surface area contributed by atoms with Gasteiger partial charge in [-0.3, -0.25) is 0 Å². The first-order chi connectivity index (χ1) is 18.2. The summed E-state index contributed by atoms with van der Waals surface area (Å²) in [4.78, 5) is 0. The zero-order valence-corrected chi connectivity index (χ0v) is 23.8. The molecular formula is C25H34N7O2P3. The molecule has 6 aliphatic heterocycles. The highest BCUT2D eigenvalue weighted by molar-refractivity contribution is 7.81. The van der Waals surface area contributed by atoms with Gasteiger partial charge in [-0.25, -0.2) is 18.7 Å². The van der Waals surface area contributed by atoms with E-state index in [2.05, 4.69) is 67.2 Å². The van der Waals surface area contributed by atoms with E-state index in [0.29, 0.717) is 0 Å². The van der Waals surface area contributed by atoms with Gasteiger partial charge in [0.2, 0.25) is 7.51 Å². The molecule has 6 aliphatic rings. The first-order valence-electron chi connectivity index (χ1n) is 13.7. The van der Waals surface area contributed by atoms with Crippen molar-refractivity contribution in [1.29, 1.82) is 0 Å². The van der Waals surface area contributed by atoms with Crippen LogP contribution in [0.2, 0.25) is 0 Å². The fourth-order valence-corrected chi connectivity index (χ4v) is 20.3. The van der Waals surface area contributed by atoms with Crippen LogP contribution in [0.25, 0.3) is 0 Å². The van der Waals surface area contributed by atoms with E-state index in [4.69, 9.17) is 22.6 Å². The normalized spacial score (nSPS) is 33.1. The Labute approximate surface area is 219 Å². The molecule has 196 valence electrons. The molecule has 12 heteroatoms. The zero-order chi connectivity index (χ0) is 24.5. The van der Waals surface area contributed by atoms with Crippen molar-refractivity contribution < 1.29 is 9.05 Å². The lowest BCUT2D eigenvalue weighted by Gasteiger charge is -2.50. The fraction of sp³-hybridized carbons (Fsp3) is 0.520. The molecule has 2 fully saturated rings. The molecule has 2 aromatic carbocycles. The Balaban J connectivity index is 1.44. The van der Waals surface area contributed by atoms with Gasteiger partial charge in [0.05, 0.1) is 0 Å². The number of benzene rings is 2. The van der Waals surface area contributed by atoms with Crippen molar-refractivity contribution in [3.8, 4) is 11.5 Å². The van der Waals surface area contributed by atoms with Gasteiger partial charge in [-0.1, -0.05) is 36.4 Å². The van der Waals surface area contributed by atoms with Crippen LogP contribution in [0.4, 0.5) is 0 Å². The molecule has 2 aromatic rings. The Hall–Kier alpha value is -1.43. The Morgan fingerprint density at radius 1 is 0.514 bits per heavy atom. The average molecular weight is 558 g/mol. The highest BCUT2D eigenvalue weighted by Gasteiger charge is 2.54. The SMILES string of the molecule is c1ccc2c(c1)CN1CCCN3Cc4ccccc4OP34=NP(N3CCCC3)(N3CCCC3)=NP1(=N4)O2. The maximum Gasteiger partial charge on any atom is 0.335 e. The third-order valence-corrected chi connectivity index (χ3v) is 19.3. The molecule has 8 rings (SSSR count). The minimum absolute atomic E-state index is 0.827. The van der Waals surface area contributed by atoms with Crippen LogP contribution < -0.4 is 9.05 Å². The van der Waals surface area contributed by atoms with Crippen LogP contribution in [-0.2, 0) is 13.1 Å². The number of nitrogens with zero attached hydrogens (tertiary/aromatic N) is 7. The molecular weight excluding hydrogens is 523 g/mol. The summed E-state index contributed by atoms with van der Waals surface area (Å²) < 4.78 is 41.7. The van der Waals surface area contributed by atoms with Crippen LogP contribution in [0.5, 0.6) is 11.5 Å². The number of hydrogen-bond donors (Lipinski definition) is 0. The molecule has 0 saturated carbocycles. The van der Waals surface area contributed by atoms with Gasteiger partial charge in [-0.05, 0) is 44.2 Å². The van der Waals surface area contributed by atoms with Gasteiger partial charge in [-0.2, -0.15) is 9.03 Å². The van der Waals surface area contributed by atoms with Crippen molar-refractivity contribution in [2.75, 3.05) is 39.3 Å². The topological polar surface area (TPSA) is 68.5 Å². The van der Waals surface area contributed by atoms with Gasteiger partial charge in [-0.15, -0.1) is 4.52 Å². The lowest BCUT2D eigenvalue weighted by Crippen LogP contribution is -2.37. The molecule has 0 N–H and O–H groups in total. The van der Waals surface area contributed by atoms with E-state index in [1.54, 1.807) is 0 Å². The van der Waals surface area contributed by atoms with Gasteiger partial charge in [0.15, 0.2) is 0 Å². The quantitative estimate of drug-likeness (QED) is 0.363. The molecule has 2 saturated heterocycles. The van der Waals surface area contributed by atoms with Crippen molar-refractivity contribution in [3.63, 3.8) is 0 Å². The first-order valence-corrected chi connectivity index (χ1v) is 18.4. The zero-order valence-electron chi connectivity index (χ0n) is 21.1. The predicted molar refractivity (Wildman–Crippen MR) is 149 cm³/mol. The Kier molecular flexibility index (Phi) is 5.57. The number of rotatable bonds is 2. The molecule has 0 aliphatic carbocycles. The van der Waals surface area contributed by atoms with Gasteiger partial charge in [0.1, 0.15) is 11.5 Å².